The van der Waals surface area contributed by atoms with Crippen LogP contribution in [0.2, 0.25) is 0 Å². The number of amides is 1. The summed E-state index contributed by atoms with van der Waals surface area (Å²) in [6.45, 7) is 2.65. The molecule has 1 aliphatic rings. The minimum Gasteiger partial charge on any atom is -0.394 e. The van der Waals surface area contributed by atoms with Crippen LogP contribution in [0, 0.1) is 0 Å². The molecular formula is C16H23NO6. The van der Waals surface area contributed by atoms with E-state index in [1.807, 2.05) is 37.3 Å². The monoisotopic (exact) mass is 325 g/mol. The van der Waals surface area contributed by atoms with Crippen LogP contribution in [-0.2, 0) is 14.3 Å². The lowest BCUT2D eigenvalue weighted by molar-refractivity contribution is -0.281. The summed E-state index contributed by atoms with van der Waals surface area (Å²) in [5.74, 6) is -0.381. The maximum absolute atomic E-state index is 11.4. The molecule has 0 spiro atoms. The number of hydrogen-bond acceptors (Lipinski definition) is 6. The fourth-order valence-electron chi connectivity index (χ4n) is 2.59. The molecule has 0 aromatic heterocycles. The molecule has 0 saturated carbocycles. The van der Waals surface area contributed by atoms with Crippen LogP contribution in [0.1, 0.15) is 25.5 Å². The van der Waals surface area contributed by atoms with E-state index in [-0.39, 0.29) is 12.0 Å². The van der Waals surface area contributed by atoms with E-state index < -0.39 is 37.3 Å². The summed E-state index contributed by atoms with van der Waals surface area (Å²) < 4.78 is 11.3. The van der Waals surface area contributed by atoms with Gasteiger partial charge in [0, 0.05) is 6.92 Å². The summed E-state index contributed by atoms with van der Waals surface area (Å²) >= 11 is 0. The zero-order chi connectivity index (χ0) is 17.0. The lowest BCUT2D eigenvalue weighted by Gasteiger charge is -2.43. The van der Waals surface area contributed by atoms with Crippen LogP contribution in [0.15, 0.2) is 30.3 Å². The fourth-order valence-corrected chi connectivity index (χ4v) is 2.59. The number of aliphatic hydroxyl groups excluding tert-OH is 3. The number of hydrogen-bond donors (Lipinski definition) is 4. The van der Waals surface area contributed by atoms with Crippen LogP contribution in [0.3, 0.4) is 0 Å². The van der Waals surface area contributed by atoms with Crippen molar-refractivity contribution in [3.8, 4) is 0 Å². The summed E-state index contributed by atoms with van der Waals surface area (Å²) in [6, 6.07) is 8.46. The molecule has 7 heteroatoms. The van der Waals surface area contributed by atoms with Crippen molar-refractivity contribution < 1.29 is 29.6 Å². The maximum Gasteiger partial charge on any atom is 0.217 e. The van der Waals surface area contributed by atoms with Crippen molar-refractivity contribution in [2.75, 3.05) is 6.61 Å². The van der Waals surface area contributed by atoms with Gasteiger partial charge in [-0.1, -0.05) is 30.3 Å². The number of carbonyl (C=O) groups excluding carboxylic acids is 1. The number of nitrogens with one attached hydrogen (secondary N) is 1. The third kappa shape index (κ3) is 4.27. The van der Waals surface area contributed by atoms with Crippen LogP contribution in [-0.4, -0.2) is 58.5 Å². The molecule has 1 saturated heterocycles. The number of ether oxygens (including phenoxy) is 2. The Morgan fingerprint density at radius 2 is 1.96 bits per heavy atom. The van der Waals surface area contributed by atoms with E-state index in [9.17, 15) is 20.1 Å². The molecule has 0 unspecified atom stereocenters. The van der Waals surface area contributed by atoms with Crippen molar-refractivity contribution in [1.29, 1.82) is 0 Å². The number of aliphatic hydroxyl groups is 3. The second-order valence-electron chi connectivity index (χ2n) is 5.62. The second-order valence-corrected chi connectivity index (χ2v) is 5.62. The first-order valence-electron chi connectivity index (χ1n) is 7.54. The van der Waals surface area contributed by atoms with Gasteiger partial charge < -0.3 is 30.1 Å². The van der Waals surface area contributed by atoms with Crippen molar-refractivity contribution in [2.24, 2.45) is 0 Å². The molecule has 1 amide bonds. The first kappa shape index (κ1) is 17.8. The van der Waals surface area contributed by atoms with Gasteiger partial charge in [0.1, 0.15) is 24.4 Å². The maximum atomic E-state index is 11.4. The summed E-state index contributed by atoms with van der Waals surface area (Å²) in [7, 11) is 0. The van der Waals surface area contributed by atoms with E-state index in [1.54, 1.807) is 0 Å². The van der Waals surface area contributed by atoms with Gasteiger partial charge in [0.15, 0.2) is 6.29 Å². The smallest absolute Gasteiger partial charge is 0.217 e. The fraction of sp³-hybridized carbons (Fsp3) is 0.562. The Labute approximate surface area is 134 Å². The first-order chi connectivity index (χ1) is 10.9. The largest absolute Gasteiger partial charge is 0.394 e. The number of rotatable bonds is 5. The zero-order valence-corrected chi connectivity index (χ0v) is 13.1. The molecule has 1 heterocycles. The quantitative estimate of drug-likeness (QED) is 0.592. The van der Waals surface area contributed by atoms with Crippen molar-refractivity contribution in [3.63, 3.8) is 0 Å². The van der Waals surface area contributed by atoms with Crippen LogP contribution < -0.4 is 5.32 Å². The van der Waals surface area contributed by atoms with Gasteiger partial charge in [-0.3, -0.25) is 4.79 Å². The van der Waals surface area contributed by atoms with Gasteiger partial charge in [-0.25, -0.2) is 0 Å². The van der Waals surface area contributed by atoms with Crippen LogP contribution in [0.25, 0.3) is 0 Å². The van der Waals surface area contributed by atoms with E-state index in [1.165, 1.54) is 6.92 Å². The summed E-state index contributed by atoms with van der Waals surface area (Å²) in [4.78, 5) is 11.4. The van der Waals surface area contributed by atoms with E-state index in [2.05, 4.69) is 5.32 Å². The van der Waals surface area contributed by atoms with Gasteiger partial charge in [-0.15, -0.1) is 0 Å². The Hall–Kier alpha value is -1.51. The van der Waals surface area contributed by atoms with Crippen molar-refractivity contribution in [1.82, 2.24) is 5.32 Å². The molecule has 128 valence electrons. The third-order valence-corrected chi connectivity index (χ3v) is 3.86. The topological polar surface area (TPSA) is 108 Å². The highest BCUT2D eigenvalue weighted by Gasteiger charge is 2.45. The SMILES string of the molecule is CC(=O)N[C@H]1[C@H](O[C@@H](C)c2ccccc2)O[C@H](CO)[C@@H](O)[C@@H]1O. The molecule has 1 fully saturated rings. The second kappa shape index (κ2) is 7.85. The Kier molecular flexibility index (Phi) is 6.09. The van der Waals surface area contributed by atoms with Gasteiger partial charge in [-0.2, -0.15) is 0 Å². The predicted molar refractivity (Wildman–Crippen MR) is 81.3 cm³/mol. The van der Waals surface area contributed by atoms with Crippen LogP contribution >= 0.6 is 0 Å². The lowest BCUT2D eigenvalue weighted by atomic mass is 9.96. The van der Waals surface area contributed by atoms with Crippen molar-refractivity contribution >= 4 is 5.91 Å². The zero-order valence-electron chi connectivity index (χ0n) is 13.1. The summed E-state index contributed by atoms with van der Waals surface area (Å²) in [5, 5.41) is 32.0. The van der Waals surface area contributed by atoms with E-state index in [0.29, 0.717) is 0 Å². The minimum absolute atomic E-state index is 0.362. The first-order valence-corrected chi connectivity index (χ1v) is 7.54. The Balaban J connectivity index is 2.15. The molecule has 1 aromatic carbocycles. The van der Waals surface area contributed by atoms with Gasteiger partial charge in [0.05, 0.1) is 12.7 Å². The third-order valence-electron chi connectivity index (χ3n) is 3.86. The molecule has 4 N–H and O–H groups in total. The molecule has 7 nitrogen and oxygen atoms in total. The highest BCUT2D eigenvalue weighted by molar-refractivity contribution is 5.73. The standard InChI is InChI=1S/C16H23NO6/c1-9(11-6-4-3-5-7-11)22-16-13(17-10(2)19)15(21)14(20)12(8-18)23-16/h3-7,9,12-16,18,20-21H,8H2,1-2H3,(H,17,19)/t9-,12+,13+,14+,15+,16+/m0/s1. The van der Waals surface area contributed by atoms with Crippen molar-refractivity contribution in [3.05, 3.63) is 35.9 Å². The van der Waals surface area contributed by atoms with Crippen LogP contribution in [0.4, 0.5) is 0 Å². The molecule has 1 aromatic rings. The molecule has 0 bridgehead atoms. The molecule has 1 aliphatic heterocycles. The average Bonchev–Trinajstić information content (AvgIpc) is 2.54. The molecule has 2 rings (SSSR count). The number of benzene rings is 1. The van der Waals surface area contributed by atoms with E-state index >= 15 is 0 Å². The molecule has 0 radical (unpaired) electrons. The average molecular weight is 325 g/mol. The lowest BCUT2D eigenvalue weighted by Crippen LogP contribution is -2.64. The molecule has 23 heavy (non-hydrogen) atoms. The Bertz CT molecular complexity index is 511. The Morgan fingerprint density at radius 1 is 1.30 bits per heavy atom. The van der Waals surface area contributed by atoms with Gasteiger partial charge in [0.25, 0.3) is 0 Å². The molecule has 6 atom stereocenters. The van der Waals surface area contributed by atoms with E-state index in [0.717, 1.165) is 5.56 Å². The Morgan fingerprint density at radius 3 is 2.52 bits per heavy atom. The van der Waals surface area contributed by atoms with Gasteiger partial charge in [0.2, 0.25) is 5.91 Å². The summed E-state index contributed by atoms with van der Waals surface area (Å²) in [6.07, 6.45) is -4.96. The normalized spacial score (nSPS) is 32.3. The van der Waals surface area contributed by atoms with E-state index in [4.69, 9.17) is 9.47 Å². The van der Waals surface area contributed by atoms with Gasteiger partial charge in [-0.05, 0) is 12.5 Å². The van der Waals surface area contributed by atoms with Crippen LogP contribution in [0.5, 0.6) is 0 Å². The highest BCUT2D eigenvalue weighted by atomic mass is 16.7. The van der Waals surface area contributed by atoms with Crippen molar-refractivity contribution in [2.45, 2.75) is 50.6 Å². The predicted octanol–water partition coefficient (Wildman–Crippen LogP) is -0.292. The number of carbonyl (C=O) groups is 1. The van der Waals surface area contributed by atoms with Gasteiger partial charge >= 0.3 is 0 Å². The molecule has 0 aliphatic carbocycles. The highest BCUT2D eigenvalue weighted by Crippen LogP contribution is 2.27. The minimum atomic E-state index is -1.32. The molecular weight excluding hydrogens is 302 g/mol. The summed E-state index contributed by atoms with van der Waals surface area (Å²) in [5.41, 5.74) is 0.902.